The van der Waals surface area contributed by atoms with Crippen LogP contribution in [0, 0.1) is 5.92 Å². The third kappa shape index (κ3) is 3.32. The van der Waals surface area contributed by atoms with Crippen LogP contribution in [0.4, 0.5) is 11.4 Å². The maximum absolute atomic E-state index is 13.6. The van der Waals surface area contributed by atoms with Gasteiger partial charge in [0.15, 0.2) is 6.10 Å². The summed E-state index contributed by atoms with van der Waals surface area (Å²) < 4.78 is 5.38. The summed E-state index contributed by atoms with van der Waals surface area (Å²) in [6.45, 7) is 0. The number of amides is 2. The fourth-order valence-corrected chi connectivity index (χ4v) is 4.55. The van der Waals surface area contributed by atoms with E-state index in [9.17, 15) is 9.59 Å². The van der Waals surface area contributed by atoms with E-state index in [1.165, 1.54) is 6.07 Å². The van der Waals surface area contributed by atoms with Crippen LogP contribution < -0.4 is 14.7 Å². The van der Waals surface area contributed by atoms with Crippen molar-refractivity contribution in [1.82, 2.24) is 0 Å². The zero-order valence-electron chi connectivity index (χ0n) is 16.9. The van der Waals surface area contributed by atoms with Crippen LogP contribution in [0.3, 0.4) is 0 Å². The summed E-state index contributed by atoms with van der Waals surface area (Å²) in [4.78, 5) is 34.2. The number of hydrogen-bond donors (Lipinski definition) is 0. The van der Waals surface area contributed by atoms with Crippen molar-refractivity contribution < 1.29 is 19.2 Å². The highest BCUT2D eigenvalue weighted by atomic mass is 35.5. The van der Waals surface area contributed by atoms with Crippen LogP contribution >= 0.6 is 23.2 Å². The highest BCUT2D eigenvalue weighted by molar-refractivity contribution is 6.42. The third-order valence-corrected chi connectivity index (χ3v) is 6.46. The van der Waals surface area contributed by atoms with Crippen molar-refractivity contribution in [2.45, 2.75) is 12.1 Å². The molecule has 8 heteroatoms. The van der Waals surface area contributed by atoms with Crippen molar-refractivity contribution in [2.75, 3.05) is 17.1 Å². The first kappa shape index (κ1) is 20.8. The van der Waals surface area contributed by atoms with Crippen LogP contribution in [0.25, 0.3) is 0 Å². The van der Waals surface area contributed by atoms with Crippen molar-refractivity contribution >= 4 is 46.4 Å². The first-order chi connectivity index (χ1) is 15.5. The van der Waals surface area contributed by atoms with Crippen LogP contribution in [0.15, 0.2) is 72.8 Å². The Morgan fingerprint density at radius 2 is 1.62 bits per heavy atom. The van der Waals surface area contributed by atoms with Gasteiger partial charge in [-0.25, -0.2) is 9.96 Å². The molecule has 0 radical (unpaired) electrons. The fourth-order valence-electron chi connectivity index (χ4n) is 4.26. The van der Waals surface area contributed by atoms with Gasteiger partial charge in [-0.05, 0) is 48.0 Å². The number of carbonyl (C=O) groups excluding carboxylic acids is 2. The van der Waals surface area contributed by atoms with Crippen molar-refractivity contribution in [3.63, 3.8) is 0 Å². The molecular formula is C24H18Cl2N2O4. The number of fused-ring (bicyclic) bond motifs is 1. The van der Waals surface area contributed by atoms with Crippen LogP contribution in [0.1, 0.15) is 11.6 Å². The number of hydrogen-bond acceptors (Lipinski definition) is 5. The number of anilines is 2. The molecule has 2 heterocycles. The molecule has 0 spiro atoms. The van der Waals surface area contributed by atoms with E-state index in [1.54, 1.807) is 24.3 Å². The van der Waals surface area contributed by atoms with Crippen molar-refractivity contribution in [3.8, 4) is 5.75 Å². The molecule has 2 fully saturated rings. The molecule has 2 aliphatic rings. The number of rotatable bonds is 4. The monoisotopic (exact) mass is 468 g/mol. The molecule has 3 aromatic rings. The van der Waals surface area contributed by atoms with Gasteiger partial charge in [-0.2, -0.15) is 0 Å². The van der Waals surface area contributed by atoms with Crippen LogP contribution in [0.5, 0.6) is 5.75 Å². The molecule has 3 aromatic carbocycles. The molecule has 0 N–H and O–H groups in total. The Bertz CT molecular complexity index is 1200. The summed E-state index contributed by atoms with van der Waals surface area (Å²) in [5.41, 5.74) is 1.91. The van der Waals surface area contributed by atoms with E-state index in [4.69, 9.17) is 32.8 Å². The van der Waals surface area contributed by atoms with Gasteiger partial charge in [-0.1, -0.05) is 53.5 Å². The van der Waals surface area contributed by atoms with Crippen molar-refractivity contribution in [2.24, 2.45) is 5.92 Å². The minimum absolute atomic E-state index is 0.262. The Morgan fingerprint density at radius 3 is 2.34 bits per heavy atom. The summed E-state index contributed by atoms with van der Waals surface area (Å²) in [5.74, 6) is -0.893. The molecule has 2 amide bonds. The van der Waals surface area contributed by atoms with Crippen molar-refractivity contribution in [1.29, 1.82) is 0 Å². The molecule has 0 unspecified atom stereocenters. The van der Waals surface area contributed by atoms with Gasteiger partial charge in [0, 0.05) is 0 Å². The molecule has 2 saturated heterocycles. The predicted molar refractivity (Wildman–Crippen MR) is 122 cm³/mol. The highest BCUT2D eigenvalue weighted by Gasteiger charge is 2.60. The van der Waals surface area contributed by atoms with E-state index >= 15 is 0 Å². The van der Waals surface area contributed by atoms with Crippen molar-refractivity contribution in [3.05, 3.63) is 88.4 Å². The zero-order chi connectivity index (χ0) is 22.4. The molecule has 0 saturated carbocycles. The number of hydroxylamine groups is 1. The predicted octanol–water partition coefficient (Wildman–Crippen LogP) is 5.05. The van der Waals surface area contributed by atoms with E-state index in [0.29, 0.717) is 16.5 Å². The number of methoxy groups -OCH3 is 1. The lowest BCUT2D eigenvalue weighted by molar-refractivity contribution is -0.126. The summed E-state index contributed by atoms with van der Waals surface area (Å²) in [6, 6.07) is 21.0. The van der Waals surface area contributed by atoms with E-state index in [1.807, 2.05) is 54.6 Å². The summed E-state index contributed by atoms with van der Waals surface area (Å²) in [7, 11) is 1.58. The third-order valence-electron chi connectivity index (χ3n) is 5.72. The van der Waals surface area contributed by atoms with E-state index in [0.717, 1.165) is 16.2 Å². The molecule has 5 rings (SSSR count). The lowest BCUT2D eigenvalue weighted by atomic mass is 9.90. The SMILES string of the molecule is COc1cccc([C@@H]2[C@@H]3C(=O)N(c4ccc(Cl)c(Cl)c4)C(=O)[C@H]3ON2c2ccccc2)c1. The average Bonchev–Trinajstić information content (AvgIpc) is 3.32. The van der Waals surface area contributed by atoms with E-state index < -0.39 is 24.0 Å². The zero-order valence-corrected chi connectivity index (χ0v) is 18.5. The molecule has 2 aliphatic heterocycles. The Hall–Kier alpha value is -3.06. The number of ether oxygens (including phenoxy) is 1. The van der Waals surface area contributed by atoms with E-state index in [-0.39, 0.29) is 10.9 Å². The Morgan fingerprint density at radius 1 is 0.844 bits per heavy atom. The van der Waals surface area contributed by atoms with Crippen LogP contribution in [0.2, 0.25) is 10.0 Å². The van der Waals surface area contributed by atoms with Gasteiger partial charge in [0.1, 0.15) is 11.7 Å². The molecule has 0 aromatic heterocycles. The minimum atomic E-state index is -0.964. The number of nitrogens with zero attached hydrogens (tertiary/aromatic N) is 2. The van der Waals surface area contributed by atoms with Gasteiger partial charge in [0.25, 0.3) is 5.91 Å². The molecular weight excluding hydrogens is 451 g/mol. The molecule has 32 heavy (non-hydrogen) atoms. The summed E-state index contributed by atoms with van der Waals surface area (Å²) in [6.07, 6.45) is -0.964. The Labute approximate surface area is 194 Å². The Kier molecular flexibility index (Phi) is 5.29. The average molecular weight is 469 g/mol. The lowest BCUT2D eigenvalue weighted by Gasteiger charge is -2.29. The molecule has 162 valence electrons. The second-order valence-corrected chi connectivity index (χ2v) is 8.36. The fraction of sp³-hybridized carbons (Fsp3) is 0.167. The van der Waals surface area contributed by atoms with Crippen LogP contribution in [-0.4, -0.2) is 25.0 Å². The van der Waals surface area contributed by atoms with Gasteiger partial charge < -0.3 is 4.74 Å². The molecule has 0 bridgehead atoms. The largest absolute Gasteiger partial charge is 0.497 e. The highest BCUT2D eigenvalue weighted by Crippen LogP contribution is 2.48. The summed E-state index contributed by atoms with van der Waals surface area (Å²) in [5, 5.41) is 2.25. The maximum atomic E-state index is 13.6. The smallest absolute Gasteiger partial charge is 0.266 e. The van der Waals surface area contributed by atoms with Gasteiger partial charge in [0.2, 0.25) is 5.91 Å². The second kappa shape index (κ2) is 8.13. The normalized spacial score (nSPS) is 22.4. The summed E-state index contributed by atoms with van der Waals surface area (Å²) >= 11 is 12.1. The van der Waals surface area contributed by atoms with Gasteiger partial charge in [-0.15, -0.1) is 0 Å². The van der Waals surface area contributed by atoms with Gasteiger partial charge in [-0.3, -0.25) is 14.4 Å². The van der Waals surface area contributed by atoms with Gasteiger partial charge >= 0.3 is 0 Å². The first-order valence-electron chi connectivity index (χ1n) is 9.97. The van der Waals surface area contributed by atoms with E-state index in [2.05, 4.69) is 0 Å². The quantitative estimate of drug-likeness (QED) is 0.501. The standard InChI is InChI=1S/C24H18Cl2N2O4/c1-31-17-9-5-6-14(12-17)21-20-22(32-28(21)15-7-3-2-4-8-15)24(30)27(23(20)29)16-10-11-18(25)19(26)13-16/h2-13,20-22H,1H3/t20-,21+,22-/m0/s1. The first-order valence-corrected chi connectivity index (χ1v) is 10.7. The Balaban J connectivity index is 1.59. The minimum Gasteiger partial charge on any atom is -0.497 e. The topological polar surface area (TPSA) is 59.1 Å². The van der Waals surface area contributed by atoms with Crippen LogP contribution in [-0.2, 0) is 14.4 Å². The van der Waals surface area contributed by atoms with Gasteiger partial charge in [0.05, 0.1) is 34.6 Å². The lowest BCUT2D eigenvalue weighted by Crippen LogP contribution is -2.37. The number of carbonyl (C=O) groups is 2. The number of benzene rings is 3. The number of imide groups is 1. The number of para-hydroxylation sites is 1. The molecule has 3 atom stereocenters. The maximum Gasteiger partial charge on any atom is 0.266 e. The number of halogens is 2. The second-order valence-electron chi connectivity index (χ2n) is 7.54. The molecule has 6 nitrogen and oxygen atoms in total. The molecule has 0 aliphatic carbocycles.